The number of nitrogens with zero attached hydrogens (tertiary/aromatic N) is 1. The molecule has 9 nitrogen and oxygen atoms in total. The fourth-order valence-corrected chi connectivity index (χ4v) is 3.92. The summed E-state index contributed by atoms with van der Waals surface area (Å²) in [6.45, 7) is 5.08. The molecule has 170 valence electrons. The first-order chi connectivity index (χ1) is 13.9. The van der Waals surface area contributed by atoms with Crippen LogP contribution in [0.25, 0.3) is 0 Å². The van der Waals surface area contributed by atoms with Gasteiger partial charge in [-0.25, -0.2) is 0 Å². The van der Waals surface area contributed by atoms with Crippen molar-refractivity contribution in [1.29, 1.82) is 0 Å². The Labute approximate surface area is 172 Å². The van der Waals surface area contributed by atoms with Gasteiger partial charge in [-0.1, -0.05) is 13.3 Å². The molecule has 2 fully saturated rings. The Balaban J connectivity index is 1.63. The van der Waals surface area contributed by atoms with Crippen LogP contribution in [0.15, 0.2) is 0 Å². The molecule has 0 radical (unpaired) electrons. The lowest BCUT2D eigenvalue weighted by molar-refractivity contribution is -0.282. The van der Waals surface area contributed by atoms with Crippen LogP contribution < -0.4 is 0 Å². The average molecular weight is 420 g/mol. The van der Waals surface area contributed by atoms with Crippen LogP contribution in [-0.2, 0) is 19.0 Å². The van der Waals surface area contributed by atoms with Crippen molar-refractivity contribution in [3.63, 3.8) is 0 Å². The van der Waals surface area contributed by atoms with E-state index >= 15 is 0 Å². The molecule has 2 unspecified atom stereocenters. The van der Waals surface area contributed by atoms with Gasteiger partial charge in [0.1, 0.15) is 12.2 Å². The van der Waals surface area contributed by atoms with Crippen molar-refractivity contribution in [2.24, 2.45) is 5.92 Å². The first-order valence-corrected chi connectivity index (χ1v) is 10.7. The third-order valence-corrected chi connectivity index (χ3v) is 5.73. The van der Waals surface area contributed by atoms with E-state index in [1.165, 1.54) is 0 Å². The van der Waals surface area contributed by atoms with Gasteiger partial charge in [0.05, 0.1) is 31.5 Å². The third-order valence-electron chi connectivity index (χ3n) is 5.73. The number of unbranched alkanes of at least 4 members (excludes halogenated alkanes) is 2. The number of carbonyl (C=O) groups is 1. The van der Waals surface area contributed by atoms with E-state index in [2.05, 4.69) is 0 Å². The predicted molar refractivity (Wildman–Crippen MR) is 104 cm³/mol. The zero-order chi connectivity index (χ0) is 21.4. The zero-order valence-electron chi connectivity index (χ0n) is 17.5. The lowest BCUT2D eigenvalue weighted by Gasteiger charge is -2.40. The highest BCUT2D eigenvalue weighted by atomic mass is 16.7. The Morgan fingerprint density at radius 2 is 1.93 bits per heavy atom. The summed E-state index contributed by atoms with van der Waals surface area (Å²) in [7, 11) is 0. The number of carbonyl (C=O) groups excluding carboxylic acids is 1. The molecule has 0 bridgehead atoms. The molecule has 2 heterocycles. The number of likely N-dealkylation sites (tertiary alicyclic amines) is 1. The Kier molecular flexibility index (Phi) is 10.2. The molecule has 0 aliphatic carbocycles. The van der Waals surface area contributed by atoms with Gasteiger partial charge >= 0.3 is 0 Å². The summed E-state index contributed by atoms with van der Waals surface area (Å²) < 4.78 is 16.6. The van der Waals surface area contributed by atoms with Gasteiger partial charge in [0, 0.05) is 32.1 Å². The standard InChI is InChI=1S/C20H37NO8/c1-3-27-12-14-9-15(23)10-21(14)17(24)7-5-4-6-8-28-20-13(2)18(25)19(26)16(11-22)29-20/h13-16,18-20,22-23,25-26H,3-12H2,1-2H3/t13?,14-,15+,16?,18+,19-,20+/m0/s1. The molecule has 0 aromatic heterocycles. The molecule has 2 aliphatic rings. The van der Waals surface area contributed by atoms with Crippen molar-refractivity contribution in [2.75, 3.05) is 33.0 Å². The minimum absolute atomic E-state index is 0.0410. The predicted octanol–water partition coefficient (Wildman–Crippen LogP) is -0.363. The summed E-state index contributed by atoms with van der Waals surface area (Å²) in [6, 6.07) is -0.0491. The normalized spacial score (nSPS) is 35.2. The molecule has 7 atom stereocenters. The van der Waals surface area contributed by atoms with E-state index < -0.39 is 36.6 Å². The number of rotatable bonds is 11. The van der Waals surface area contributed by atoms with Gasteiger partial charge in [-0.2, -0.15) is 0 Å². The van der Waals surface area contributed by atoms with Crippen molar-refractivity contribution in [3.8, 4) is 0 Å². The highest BCUT2D eigenvalue weighted by Gasteiger charge is 2.42. The second-order valence-corrected chi connectivity index (χ2v) is 8.00. The van der Waals surface area contributed by atoms with Gasteiger partial charge in [0.15, 0.2) is 6.29 Å². The Bertz CT molecular complexity index is 491. The highest BCUT2D eigenvalue weighted by Crippen LogP contribution is 2.27. The van der Waals surface area contributed by atoms with Crippen LogP contribution in [0.1, 0.15) is 46.0 Å². The SMILES string of the molecule is CCOC[C@@H]1C[C@@H](O)CN1C(=O)CCCCCO[C@@H]1OC(CO)[C@H](O)[C@H](O)C1C. The monoisotopic (exact) mass is 419 g/mol. The first kappa shape index (κ1) is 24.5. The van der Waals surface area contributed by atoms with E-state index in [0.717, 1.165) is 19.3 Å². The Morgan fingerprint density at radius 3 is 2.62 bits per heavy atom. The first-order valence-electron chi connectivity index (χ1n) is 10.7. The number of ether oxygens (including phenoxy) is 3. The second kappa shape index (κ2) is 12.1. The van der Waals surface area contributed by atoms with E-state index in [0.29, 0.717) is 39.2 Å². The molecule has 9 heteroatoms. The maximum absolute atomic E-state index is 12.5. The van der Waals surface area contributed by atoms with E-state index in [1.54, 1.807) is 11.8 Å². The van der Waals surface area contributed by atoms with Crippen LogP contribution >= 0.6 is 0 Å². The second-order valence-electron chi connectivity index (χ2n) is 8.00. The molecule has 0 aromatic carbocycles. The summed E-state index contributed by atoms with van der Waals surface area (Å²) in [5, 5.41) is 39.0. The third kappa shape index (κ3) is 6.85. The Morgan fingerprint density at radius 1 is 1.17 bits per heavy atom. The summed E-state index contributed by atoms with van der Waals surface area (Å²) in [4.78, 5) is 14.2. The number of β-amino-alcohol motifs (C(OH)–C–C–N with tert-alkyl or cyclic N) is 1. The van der Waals surface area contributed by atoms with Gasteiger partial charge in [-0.05, 0) is 26.2 Å². The zero-order valence-corrected chi connectivity index (χ0v) is 17.5. The van der Waals surface area contributed by atoms with E-state index in [1.807, 2.05) is 6.92 Å². The van der Waals surface area contributed by atoms with Crippen LogP contribution in [0.2, 0.25) is 0 Å². The molecule has 0 saturated carbocycles. The van der Waals surface area contributed by atoms with Gasteiger partial charge in [0.25, 0.3) is 0 Å². The minimum Gasteiger partial charge on any atom is -0.394 e. The maximum atomic E-state index is 12.5. The van der Waals surface area contributed by atoms with Crippen molar-refractivity contribution >= 4 is 5.91 Å². The van der Waals surface area contributed by atoms with Crippen molar-refractivity contribution in [2.45, 2.75) is 82.7 Å². The van der Waals surface area contributed by atoms with Crippen molar-refractivity contribution < 1.29 is 39.4 Å². The lowest BCUT2D eigenvalue weighted by Crippen LogP contribution is -2.55. The van der Waals surface area contributed by atoms with Gasteiger partial charge in [0.2, 0.25) is 5.91 Å². The molecule has 0 spiro atoms. The summed E-state index contributed by atoms with van der Waals surface area (Å²) in [5.41, 5.74) is 0. The van der Waals surface area contributed by atoms with Crippen LogP contribution in [0.4, 0.5) is 0 Å². The minimum atomic E-state index is -1.13. The number of aliphatic hydroxyl groups excluding tert-OH is 4. The Hall–Kier alpha value is -0.810. The van der Waals surface area contributed by atoms with Crippen LogP contribution in [0.5, 0.6) is 0 Å². The van der Waals surface area contributed by atoms with Crippen molar-refractivity contribution in [3.05, 3.63) is 0 Å². The quantitative estimate of drug-likeness (QED) is 0.334. The fourth-order valence-electron chi connectivity index (χ4n) is 3.92. The van der Waals surface area contributed by atoms with Gasteiger partial charge in [-0.15, -0.1) is 0 Å². The van der Waals surface area contributed by atoms with E-state index in [-0.39, 0.29) is 18.6 Å². The number of aliphatic hydroxyl groups is 4. The number of hydrogen-bond acceptors (Lipinski definition) is 8. The molecule has 4 N–H and O–H groups in total. The molecule has 2 saturated heterocycles. The molecule has 1 amide bonds. The maximum Gasteiger partial charge on any atom is 0.222 e. The van der Waals surface area contributed by atoms with Gasteiger partial charge in [-0.3, -0.25) is 4.79 Å². The smallest absolute Gasteiger partial charge is 0.222 e. The molecular formula is C20H37NO8. The average Bonchev–Trinajstić information content (AvgIpc) is 3.09. The summed E-state index contributed by atoms with van der Waals surface area (Å²) >= 11 is 0. The van der Waals surface area contributed by atoms with E-state index in [4.69, 9.17) is 14.2 Å². The summed E-state index contributed by atoms with van der Waals surface area (Å²) in [6.07, 6.45) is -0.925. The van der Waals surface area contributed by atoms with Crippen LogP contribution in [0.3, 0.4) is 0 Å². The van der Waals surface area contributed by atoms with Gasteiger partial charge < -0.3 is 39.5 Å². The summed E-state index contributed by atoms with van der Waals surface area (Å²) in [5.74, 6) is -0.363. The molecule has 29 heavy (non-hydrogen) atoms. The number of amides is 1. The largest absolute Gasteiger partial charge is 0.394 e. The van der Waals surface area contributed by atoms with Crippen LogP contribution in [-0.4, -0.2) is 101 Å². The molecule has 2 aliphatic heterocycles. The highest BCUT2D eigenvalue weighted by molar-refractivity contribution is 5.76. The molecule has 2 rings (SSSR count). The molecule has 0 aromatic rings. The number of hydrogen-bond donors (Lipinski definition) is 4. The lowest BCUT2D eigenvalue weighted by atomic mass is 9.92. The van der Waals surface area contributed by atoms with Crippen molar-refractivity contribution in [1.82, 2.24) is 4.90 Å². The topological polar surface area (TPSA) is 129 Å². The molecular weight excluding hydrogens is 382 g/mol. The van der Waals surface area contributed by atoms with Crippen LogP contribution in [0, 0.1) is 5.92 Å². The van der Waals surface area contributed by atoms with E-state index in [9.17, 15) is 25.2 Å². The fraction of sp³-hybridized carbons (Fsp3) is 0.950.